The molecular weight excluding hydrogens is 419 g/mol. The number of nitrogens with zero attached hydrogens (tertiary/aromatic N) is 4. The highest BCUT2D eigenvalue weighted by atomic mass is 35.5. The van der Waals surface area contributed by atoms with Crippen molar-refractivity contribution >= 4 is 17.5 Å². The molecule has 162 valence electrons. The van der Waals surface area contributed by atoms with E-state index in [4.69, 9.17) is 16.1 Å². The van der Waals surface area contributed by atoms with Gasteiger partial charge in [0.25, 0.3) is 0 Å². The lowest BCUT2D eigenvalue weighted by Gasteiger charge is -2.22. The summed E-state index contributed by atoms with van der Waals surface area (Å²) < 4.78 is 19.2. The minimum atomic E-state index is -0.183. The van der Waals surface area contributed by atoms with Crippen LogP contribution in [0, 0.1) is 5.82 Å². The number of aromatic nitrogens is 2. The van der Waals surface area contributed by atoms with Crippen LogP contribution in [0.15, 0.2) is 53.1 Å². The molecule has 0 bridgehead atoms. The monoisotopic (exact) mass is 442 g/mol. The van der Waals surface area contributed by atoms with E-state index in [-0.39, 0.29) is 11.7 Å². The molecule has 1 aliphatic rings. The predicted octanol–water partition coefficient (Wildman–Crippen LogP) is 4.20. The summed E-state index contributed by atoms with van der Waals surface area (Å²) in [5, 5.41) is 4.63. The molecule has 1 fully saturated rings. The van der Waals surface area contributed by atoms with Crippen molar-refractivity contribution in [3.8, 4) is 11.4 Å². The fourth-order valence-electron chi connectivity index (χ4n) is 3.69. The lowest BCUT2D eigenvalue weighted by molar-refractivity contribution is -0.131. The Balaban J connectivity index is 1.27. The van der Waals surface area contributed by atoms with E-state index in [1.807, 2.05) is 29.2 Å². The molecule has 1 aromatic heterocycles. The van der Waals surface area contributed by atoms with Crippen molar-refractivity contribution in [2.45, 2.75) is 25.8 Å². The van der Waals surface area contributed by atoms with Gasteiger partial charge in [-0.15, -0.1) is 0 Å². The summed E-state index contributed by atoms with van der Waals surface area (Å²) >= 11 is 5.90. The Kier molecular flexibility index (Phi) is 6.94. The van der Waals surface area contributed by atoms with Gasteiger partial charge < -0.3 is 9.42 Å². The van der Waals surface area contributed by atoms with Crippen LogP contribution in [0.4, 0.5) is 4.39 Å². The second-order valence-electron chi connectivity index (χ2n) is 7.62. The first-order chi connectivity index (χ1) is 15.1. The molecule has 4 rings (SSSR count). The Morgan fingerprint density at radius 3 is 2.68 bits per heavy atom. The standard InChI is InChI=1S/C23H24ClFN4O2/c24-19-8-6-17(7-9-19)23-26-21(31-27-23)10-11-22(30)29-13-3-12-28(14-15-29)16-18-4-1-2-5-20(18)25/h1-2,4-9H,3,10-16H2. The zero-order valence-electron chi connectivity index (χ0n) is 17.1. The molecule has 6 nitrogen and oxygen atoms in total. The van der Waals surface area contributed by atoms with Gasteiger partial charge in [0, 0.05) is 61.7 Å². The first kappa shape index (κ1) is 21.5. The van der Waals surface area contributed by atoms with Crippen molar-refractivity contribution in [2.75, 3.05) is 26.2 Å². The fourth-order valence-corrected chi connectivity index (χ4v) is 3.82. The molecule has 0 unspecified atom stereocenters. The number of amides is 1. The summed E-state index contributed by atoms with van der Waals surface area (Å²) in [5.41, 5.74) is 1.50. The van der Waals surface area contributed by atoms with E-state index in [1.165, 1.54) is 6.07 Å². The van der Waals surface area contributed by atoms with Crippen LogP contribution in [0.5, 0.6) is 0 Å². The van der Waals surface area contributed by atoms with Crippen molar-refractivity contribution in [3.63, 3.8) is 0 Å². The van der Waals surface area contributed by atoms with E-state index in [2.05, 4.69) is 15.0 Å². The summed E-state index contributed by atoms with van der Waals surface area (Å²) in [4.78, 5) is 21.1. The second-order valence-corrected chi connectivity index (χ2v) is 8.06. The predicted molar refractivity (Wildman–Crippen MR) is 116 cm³/mol. The van der Waals surface area contributed by atoms with Crippen LogP contribution in [0.1, 0.15) is 24.3 Å². The van der Waals surface area contributed by atoms with Gasteiger partial charge in [-0.05, 0) is 36.8 Å². The molecule has 0 radical (unpaired) electrons. The average Bonchev–Trinajstić information content (AvgIpc) is 3.12. The average molecular weight is 443 g/mol. The van der Waals surface area contributed by atoms with Crippen molar-refractivity contribution < 1.29 is 13.7 Å². The topological polar surface area (TPSA) is 62.5 Å². The molecule has 0 N–H and O–H groups in total. The third kappa shape index (κ3) is 5.68. The lowest BCUT2D eigenvalue weighted by atomic mass is 10.2. The van der Waals surface area contributed by atoms with Gasteiger partial charge in [-0.3, -0.25) is 9.69 Å². The first-order valence-electron chi connectivity index (χ1n) is 10.4. The van der Waals surface area contributed by atoms with Crippen molar-refractivity contribution in [3.05, 3.63) is 70.8 Å². The fraction of sp³-hybridized carbons (Fsp3) is 0.348. The number of carbonyl (C=O) groups excluding carboxylic acids is 1. The smallest absolute Gasteiger partial charge is 0.227 e. The van der Waals surface area contributed by atoms with Crippen molar-refractivity contribution in [1.82, 2.24) is 19.9 Å². The Labute approximate surface area is 185 Å². The SMILES string of the molecule is O=C(CCc1nc(-c2ccc(Cl)cc2)no1)N1CCCN(Cc2ccccc2F)CC1. The van der Waals surface area contributed by atoms with Crippen LogP contribution in [0.2, 0.25) is 5.02 Å². The van der Waals surface area contributed by atoms with Crippen LogP contribution in [0.25, 0.3) is 11.4 Å². The molecule has 31 heavy (non-hydrogen) atoms. The molecule has 2 heterocycles. The third-order valence-electron chi connectivity index (χ3n) is 5.42. The Hall–Kier alpha value is -2.77. The van der Waals surface area contributed by atoms with Crippen LogP contribution < -0.4 is 0 Å². The van der Waals surface area contributed by atoms with E-state index in [9.17, 15) is 9.18 Å². The Morgan fingerprint density at radius 2 is 1.87 bits per heavy atom. The summed E-state index contributed by atoms with van der Waals surface area (Å²) in [6.07, 6.45) is 1.58. The number of benzene rings is 2. The van der Waals surface area contributed by atoms with Gasteiger partial charge in [0.1, 0.15) is 5.82 Å². The number of hydrogen-bond donors (Lipinski definition) is 0. The van der Waals surface area contributed by atoms with Crippen LogP contribution in [-0.2, 0) is 17.8 Å². The highest BCUT2D eigenvalue weighted by molar-refractivity contribution is 6.30. The van der Waals surface area contributed by atoms with Gasteiger partial charge in [-0.25, -0.2) is 4.39 Å². The van der Waals surface area contributed by atoms with E-state index in [1.54, 1.807) is 18.2 Å². The molecule has 0 saturated carbocycles. The minimum Gasteiger partial charge on any atom is -0.341 e. The molecule has 0 aliphatic carbocycles. The van der Waals surface area contributed by atoms with Gasteiger partial charge in [0.2, 0.25) is 17.6 Å². The Bertz CT molecular complexity index is 1020. The molecule has 1 amide bonds. The maximum absolute atomic E-state index is 13.9. The van der Waals surface area contributed by atoms with E-state index in [0.29, 0.717) is 54.8 Å². The zero-order chi connectivity index (χ0) is 21.6. The molecule has 2 aromatic carbocycles. The van der Waals surface area contributed by atoms with E-state index < -0.39 is 0 Å². The summed E-state index contributed by atoms with van der Waals surface area (Å²) in [7, 11) is 0. The van der Waals surface area contributed by atoms with Crippen LogP contribution in [-0.4, -0.2) is 52.0 Å². The number of rotatable bonds is 6. The molecule has 0 atom stereocenters. The van der Waals surface area contributed by atoms with Gasteiger partial charge in [-0.1, -0.05) is 35.0 Å². The lowest BCUT2D eigenvalue weighted by Crippen LogP contribution is -2.35. The summed E-state index contributed by atoms with van der Waals surface area (Å²) in [5.74, 6) is 0.808. The molecule has 3 aromatic rings. The maximum Gasteiger partial charge on any atom is 0.227 e. The molecule has 1 aliphatic heterocycles. The quantitative estimate of drug-likeness (QED) is 0.572. The summed E-state index contributed by atoms with van der Waals surface area (Å²) in [6, 6.07) is 14.0. The second kappa shape index (κ2) is 10.0. The number of halogens is 2. The zero-order valence-corrected chi connectivity index (χ0v) is 17.9. The van der Waals surface area contributed by atoms with Gasteiger partial charge in [-0.2, -0.15) is 4.98 Å². The normalized spacial score (nSPS) is 15.1. The van der Waals surface area contributed by atoms with E-state index in [0.717, 1.165) is 25.1 Å². The van der Waals surface area contributed by atoms with Gasteiger partial charge in [0.15, 0.2) is 0 Å². The summed E-state index contributed by atoms with van der Waals surface area (Å²) in [6.45, 7) is 3.46. The minimum absolute atomic E-state index is 0.0685. The van der Waals surface area contributed by atoms with Crippen molar-refractivity contribution in [1.29, 1.82) is 0 Å². The van der Waals surface area contributed by atoms with Crippen molar-refractivity contribution in [2.24, 2.45) is 0 Å². The number of carbonyl (C=O) groups is 1. The molecular formula is C23H24ClFN4O2. The van der Waals surface area contributed by atoms with Gasteiger partial charge in [0.05, 0.1) is 0 Å². The van der Waals surface area contributed by atoms with Gasteiger partial charge >= 0.3 is 0 Å². The highest BCUT2D eigenvalue weighted by Gasteiger charge is 2.20. The van der Waals surface area contributed by atoms with Crippen LogP contribution in [0.3, 0.4) is 0 Å². The largest absolute Gasteiger partial charge is 0.341 e. The molecule has 8 heteroatoms. The highest BCUT2D eigenvalue weighted by Crippen LogP contribution is 2.19. The van der Waals surface area contributed by atoms with E-state index >= 15 is 0 Å². The maximum atomic E-state index is 13.9. The number of hydrogen-bond acceptors (Lipinski definition) is 5. The van der Waals surface area contributed by atoms with Crippen LogP contribution >= 0.6 is 11.6 Å². The first-order valence-corrected chi connectivity index (χ1v) is 10.8. The molecule has 0 spiro atoms. The number of aryl methyl sites for hydroxylation is 1. The molecule has 1 saturated heterocycles. The third-order valence-corrected chi connectivity index (χ3v) is 5.67. The Morgan fingerprint density at radius 1 is 1.06 bits per heavy atom.